The number of ether oxygens (including phenoxy) is 1. The molecule has 0 saturated carbocycles. The Morgan fingerprint density at radius 1 is 1.07 bits per heavy atom. The van der Waals surface area contributed by atoms with Crippen LogP contribution in [0.15, 0.2) is 30.0 Å². The number of ketones is 2. The Hall–Kier alpha value is -4.21. The number of hydrogen-bond donors (Lipinski definition) is 3. The van der Waals surface area contributed by atoms with Gasteiger partial charge in [-0.2, -0.15) is 0 Å². The molecule has 2 aromatic rings. The molecule has 1 aliphatic rings. The second-order valence-electron chi connectivity index (χ2n) is 6.31. The molecule has 10 nitrogen and oxygen atoms in total. The summed E-state index contributed by atoms with van der Waals surface area (Å²) in [4.78, 5) is 48.7. The van der Waals surface area contributed by atoms with Gasteiger partial charge in [0.1, 0.15) is 22.6 Å². The van der Waals surface area contributed by atoms with E-state index in [-0.39, 0.29) is 17.7 Å². The van der Waals surface area contributed by atoms with Crippen molar-refractivity contribution in [1.82, 2.24) is 0 Å². The van der Waals surface area contributed by atoms with Crippen LogP contribution < -0.4 is 0 Å². The van der Waals surface area contributed by atoms with Crippen LogP contribution in [0.1, 0.15) is 51.3 Å². The van der Waals surface area contributed by atoms with Crippen LogP contribution in [0.25, 0.3) is 5.57 Å². The van der Waals surface area contributed by atoms with Crippen LogP contribution in [0.2, 0.25) is 0 Å². The fraction of sp³-hybridized carbons (Fsp3) is 0.150. The van der Waals surface area contributed by atoms with Crippen molar-refractivity contribution < 1.29 is 39.4 Å². The monoisotopic (exact) mass is 413 g/mol. The fourth-order valence-electron chi connectivity index (χ4n) is 3.35. The van der Waals surface area contributed by atoms with E-state index in [0.29, 0.717) is 0 Å². The second-order valence-corrected chi connectivity index (χ2v) is 6.31. The number of esters is 1. The predicted octanol–water partition coefficient (Wildman–Crippen LogP) is 2.63. The number of fused-ring (bicyclic) bond motifs is 2. The molecule has 0 aliphatic heterocycles. The maximum Gasteiger partial charge on any atom is 0.342 e. The number of hydrogen-bond acceptors (Lipinski definition) is 9. The molecule has 0 amide bonds. The van der Waals surface area contributed by atoms with Gasteiger partial charge in [-0.25, -0.2) is 4.79 Å². The standard InChI is InChI=1S/C20H15NO9/c1-3-30-20(27)11(8(2)22)12-15(21(28)29)19(26)14-13(18(12)25)16(23)9-6-4-5-7-10(9)17(14)24/h4-7,22,25-26H,3H2,1-2H3/b11-8+. The average Bonchev–Trinajstić information content (AvgIpc) is 2.68. The quantitative estimate of drug-likeness (QED) is 0.146. The fourth-order valence-corrected chi connectivity index (χ4v) is 3.35. The lowest BCUT2D eigenvalue weighted by Crippen LogP contribution is -2.23. The number of aliphatic hydroxyl groups is 1. The normalized spacial score (nSPS) is 13.3. The molecule has 2 aromatic carbocycles. The minimum absolute atomic E-state index is 0.0908. The first-order valence-corrected chi connectivity index (χ1v) is 8.65. The minimum atomic E-state index is -1.23. The lowest BCUT2D eigenvalue weighted by Gasteiger charge is -2.21. The van der Waals surface area contributed by atoms with Gasteiger partial charge in [-0.15, -0.1) is 0 Å². The first kappa shape index (κ1) is 20.5. The van der Waals surface area contributed by atoms with Gasteiger partial charge in [0.25, 0.3) is 0 Å². The van der Waals surface area contributed by atoms with Crippen LogP contribution in [0, 0.1) is 10.1 Å². The number of nitro groups is 1. The lowest BCUT2D eigenvalue weighted by atomic mass is 9.80. The predicted molar refractivity (Wildman–Crippen MR) is 102 cm³/mol. The van der Waals surface area contributed by atoms with Crippen molar-refractivity contribution in [3.8, 4) is 11.5 Å². The SMILES string of the molecule is CCOC(=O)/C(=C(\C)O)c1c(O)c2c(c(O)c1[N+](=O)[O-])C(=O)c1ccccc1C2=O. The maximum absolute atomic E-state index is 13.0. The molecule has 3 rings (SSSR count). The Labute approximate surface area is 168 Å². The summed E-state index contributed by atoms with van der Waals surface area (Å²) in [7, 11) is 0. The van der Waals surface area contributed by atoms with E-state index in [2.05, 4.69) is 0 Å². The summed E-state index contributed by atoms with van der Waals surface area (Å²) >= 11 is 0. The zero-order valence-corrected chi connectivity index (χ0v) is 15.8. The van der Waals surface area contributed by atoms with Gasteiger partial charge in [0.05, 0.1) is 22.7 Å². The molecule has 0 aromatic heterocycles. The first-order valence-electron chi connectivity index (χ1n) is 8.65. The summed E-state index contributed by atoms with van der Waals surface area (Å²) in [6.45, 7) is 2.29. The highest BCUT2D eigenvalue weighted by molar-refractivity contribution is 6.32. The Kier molecular flexibility index (Phi) is 5.01. The third kappa shape index (κ3) is 2.85. The molecular weight excluding hydrogens is 398 g/mol. The molecule has 1 aliphatic carbocycles. The summed E-state index contributed by atoms with van der Waals surface area (Å²) < 4.78 is 4.77. The first-order chi connectivity index (χ1) is 14.1. The van der Waals surface area contributed by atoms with Gasteiger partial charge in [-0.05, 0) is 13.8 Å². The van der Waals surface area contributed by atoms with Crippen molar-refractivity contribution in [2.75, 3.05) is 6.61 Å². The van der Waals surface area contributed by atoms with Gasteiger partial charge in [0.15, 0.2) is 11.6 Å². The Morgan fingerprint density at radius 3 is 2.00 bits per heavy atom. The lowest BCUT2D eigenvalue weighted by molar-refractivity contribution is -0.386. The number of allylic oxidation sites excluding steroid dienone is 1. The van der Waals surface area contributed by atoms with Crippen LogP contribution in [-0.4, -0.2) is 44.4 Å². The summed E-state index contributed by atoms with van der Waals surface area (Å²) in [5.74, 6) is -6.10. The maximum atomic E-state index is 13.0. The van der Waals surface area contributed by atoms with E-state index in [1.807, 2.05) is 0 Å². The number of nitro benzene ring substituents is 1. The largest absolute Gasteiger partial charge is 0.512 e. The minimum Gasteiger partial charge on any atom is -0.512 e. The molecule has 154 valence electrons. The summed E-state index contributed by atoms with van der Waals surface area (Å²) in [5.41, 5.74) is -4.62. The third-order valence-corrected chi connectivity index (χ3v) is 4.57. The summed E-state index contributed by atoms with van der Waals surface area (Å²) in [6, 6.07) is 5.55. The number of phenols is 2. The van der Waals surface area contributed by atoms with Crippen LogP contribution >= 0.6 is 0 Å². The van der Waals surface area contributed by atoms with E-state index >= 15 is 0 Å². The van der Waals surface area contributed by atoms with Crippen LogP contribution in [0.4, 0.5) is 5.69 Å². The van der Waals surface area contributed by atoms with E-state index in [1.165, 1.54) is 31.2 Å². The topological polar surface area (TPSA) is 164 Å². The van der Waals surface area contributed by atoms with E-state index < -0.39 is 67.7 Å². The molecule has 0 unspecified atom stereocenters. The van der Waals surface area contributed by atoms with Gasteiger partial charge in [-0.3, -0.25) is 19.7 Å². The average molecular weight is 413 g/mol. The van der Waals surface area contributed by atoms with Crippen LogP contribution in [-0.2, 0) is 9.53 Å². The zero-order valence-electron chi connectivity index (χ0n) is 15.8. The van der Waals surface area contributed by atoms with Gasteiger partial charge in [-0.1, -0.05) is 24.3 Å². The highest BCUT2D eigenvalue weighted by Gasteiger charge is 2.43. The summed E-state index contributed by atoms with van der Waals surface area (Å²) in [5, 5.41) is 43.1. The zero-order chi connectivity index (χ0) is 22.3. The molecule has 0 spiro atoms. The molecule has 0 bridgehead atoms. The van der Waals surface area contributed by atoms with Crippen LogP contribution in [0.3, 0.4) is 0 Å². The van der Waals surface area contributed by atoms with Gasteiger partial charge >= 0.3 is 11.7 Å². The highest BCUT2D eigenvalue weighted by Crippen LogP contribution is 2.49. The Bertz CT molecular complexity index is 1170. The van der Waals surface area contributed by atoms with Crippen molar-refractivity contribution in [2.24, 2.45) is 0 Å². The van der Waals surface area contributed by atoms with Crippen molar-refractivity contribution >= 4 is 28.8 Å². The van der Waals surface area contributed by atoms with E-state index in [4.69, 9.17) is 4.74 Å². The second kappa shape index (κ2) is 7.32. The molecule has 0 saturated heterocycles. The Morgan fingerprint density at radius 2 is 1.57 bits per heavy atom. The smallest absolute Gasteiger partial charge is 0.342 e. The molecule has 0 radical (unpaired) electrons. The molecule has 30 heavy (non-hydrogen) atoms. The van der Waals surface area contributed by atoms with E-state index in [0.717, 1.165) is 6.92 Å². The van der Waals surface area contributed by atoms with Crippen molar-refractivity contribution in [3.05, 3.63) is 68.0 Å². The molecule has 0 atom stereocenters. The third-order valence-electron chi connectivity index (χ3n) is 4.57. The van der Waals surface area contributed by atoms with Crippen LogP contribution in [0.5, 0.6) is 11.5 Å². The number of carbonyl (C=O) groups excluding carboxylic acids is 3. The van der Waals surface area contributed by atoms with E-state index in [1.54, 1.807) is 0 Å². The molecule has 0 heterocycles. The molecule has 0 fully saturated rings. The number of nitrogens with zero attached hydrogens (tertiary/aromatic N) is 1. The number of carbonyl (C=O) groups is 3. The van der Waals surface area contributed by atoms with Gasteiger partial charge in [0.2, 0.25) is 5.75 Å². The van der Waals surface area contributed by atoms with Crippen molar-refractivity contribution in [2.45, 2.75) is 13.8 Å². The highest BCUT2D eigenvalue weighted by atomic mass is 16.6. The number of benzene rings is 2. The van der Waals surface area contributed by atoms with Crippen molar-refractivity contribution in [1.29, 1.82) is 0 Å². The van der Waals surface area contributed by atoms with Gasteiger partial charge in [0, 0.05) is 11.1 Å². The summed E-state index contributed by atoms with van der Waals surface area (Å²) in [6.07, 6.45) is 0. The number of aromatic hydroxyl groups is 2. The molecule has 3 N–H and O–H groups in total. The Balaban J connectivity index is 2.48. The molecule has 10 heteroatoms. The van der Waals surface area contributed by atoms with Crippen molar-refractivity contribution in [3.63, 3.8) is 0 Å². The number of rotatable bonds is 4. The van der Waals surface area contributed by atoms with E-state index in [9.17, 15) is 39.8 Å². The number of aliphatic hydroxyl groups excluding tert-OH is 1. The number of phenolic OH excluding ortho intramolecular Hbond substituents is 2. The van der Waals surface area contributed by atoms with Gasteiger partial charge < -0.3 is 20.1 Å². The molecular formula is C20H15NO9.